The zero-order valence-electron chi connectivity index (χ0n) is 10.2. The normalized spacial score (nSPS) is 10.4. The minimum absolute atomic E-state index is 0.181. The first-order chi connectivity index (χ1) is 7.81. The van der Waals surface area contributed by atoms with E-state index in [1.165, 1.54) is 12.8 Å². The Labute approximate surface area is 105 Å². The molecule has 95 valence electrons. The molecule has 0 aromatic rings. The number of hydrogen-bond donors (Lipinski definition) is 2. The molecular weight excluding hydrogens is 220 g/mol. The van der Waals surface area contributed by atoms with E-state index in [1.807, 2.05) is 0 Å². The van der Waals surface area contributed by atoms with Crippen molar-refractivity contribution in [2.75, 3.05) is 18.8 Å². The van der Waals surface area contributed by atoms with Crippen LogP contribution >= 0.6 is 12.6 Å². The van der Waals surface area contributed by atoms with Crippen molar-refractivity contribution in [2.45, 2.75) is 51.4 Å². The maximum atomic E-state index is 11.3. The van der Waals surface area contributed by atoms with Crippen LogP contribution in [-0.4, -0.2) is 24.7 Å². The molecule has 0 atom stereocenters. The second-order valence-corrected chi connectivity index (χ2v) is 4.48. The third kappa shape index (κ3) is 11.9. The average Bonchev–Trinajstić information content (AvgIpc) is 2.29. The number of nitrogens with one attached hydrogen (secondary N) is 1. The molecular formula is C12H25N2OS. The van der Waals surface area contributed by atoms with Crippen LogP contribution in [0, 0.1) is 0 Å². The first-order valence-electron chi connectivity index (χ1n) is 6.36. The van der Waals surface area contributed by atoms with E-state index in [9.17, 15) is 4.79 Å². The lowest BCUT2D eigenvalue weighted by atomic mass is 10.2. The Morgan fingerprint density at radius 2 is 1.69 bits per heavy atom. The molecule has 0 rings (SSSR count). The molecule has 0 heterocycles. The van der Waals surface area contributed by atoms with Gasteiger partial charge in [-0.3, -0.25) is 4.79 Å². The van der Waals surface area contributed by atoms with Crippen molar-refractivity contribution < 1.29 is 4.79 Å². The summed E-state index contributed by atoms with van der Waals surface area (Å²) in [7, 11) is 0. The minimum atomic E-state index is 0.181. The number of carbonyl (C=O) groups is 1. The van der Waals surface area contributed by atoms with Gasteiger partial charge in [-0.15, -0.1) is 0 Å². The van der Waals surface area contributed by atoms with Crippen molar-refractivity contribution in [3.8, 4) is 0 Å². The SMILES string of the molecule is NCCCCCC(=O)NCCCCCC[S]. The van der Waals surface area contributed by atoms with E-state index >= 15 is 0 Å². The van der Waals surface area contributed by atoms with Crippen molar-refractivity contribution >= 4 is 18.5 Å². The van der Waals surface area contributed by atoms with E-state index in [1.54, 1.807) is 0 Å². The average molecular weight is 245 g/mol. The molecule has 0 fully saturated rings. The van der Waals surface area contributed by atoms with Gasteiger partial charge in [-0.25, -0.2) is 0 Å². The lowest BCUT2D eigenvalue weighted by Gasteiger charge is -2.04. The molecule has 0 bridgehead atoms. The fourth-order valence-electron chi connectivity index (χ4n) is 1.50. The largest absolute Gasteiger partial charge is 0.356 e. The second-order valence-electron chi connectivity index (χ2n) is 4.07. The zero-order valence-corrected chi connectivity index (χ0v) is 11.0. The van der Waals surface area contributed by atoms with Gasteiger partial charge < -0.3 is 11.1 Å². The van der Waals surface area contributed by atoms with Crippen LogP contribution < -0.4 is 11.1 Å². The summed E-state index contributed by atoms with van der Waals surface area (Å²) >= 11 is 4.86. The van der Waals surface area contributed by atoms with E-state index in [4.69, 9.17) is 18.4 Å². The van der Waals surface area contributed by atoms with Crippen LogP contribution in [0.1, 0.15) is 51.4 Å². The predicted octanol–water partition coefficient (Wildman–Crippen LogP) is 2.38. The topological polar surface area (TPSA) is 55.1 Å². The first-order valence-corrected chi connectivity index (χ1v) is 6.94. The molecule has 0 aromatic carbocycles. The van der Waals surface area contributed by atoms with E-state index in [0.717, 1.165) is 50.9 Å². The van der Waals surface area contributed by atoms with Crippen LogP contribution in [0.5, 0.6) is 0 Å². The van der Waals surface area contributed by atoms with Crippen molar-refractivity contribution in [1.82, 2.24) is 5.32 Å². The molecule has 0 aliphatic heterocycles. The number of carbonyl (C=O) groups excluding carboxylic acids is 1. The quantitative estimate of drug-likeness (QED) is 0.549. The van der Waals surface area contributed by atoms with E-state index < -0.39 is 0 Å². The summed E-state index contributed by atoms with van der Waals surface area (Å²) in [4.78, 5) is 11.3. The maximum Gasteiger partial charge on any atom is 0.219 e. The van der Waals surface area contributed by atoms with Gasteiger partial charge in [0, 0.05) is 18.7 Å². The van der Waals surface area contributed by atoms with Gasteiger partial charge in [-0.05, 0) is 32.2 Å². The van der Waals surface area contributed by atoms with Gasteiger partial charge in [0.1, 0.15) is 0 Å². The number of amides is 1. The predicted molar refractivity (Wildman–Crippen MR) is 71.5 cm³/mol. The molecule has 16 heavy (non-hydrogen) atoms. The standard InChI is InChI=1S/C12H25N2OS/c13-9-5-3-4-8-12(15)14-10-6-1-2-7-11-16/h1-11,13H2,(H,14,15). The van der Waals surface area contributed by atoms with Gasteiger partial charge in [0.2, 0.25) is 5.91 Å². The minimum Gasteiger partial charge on any atom is -0.356 e. The van der Waals surface area contributed by atoms with Crippen LogP contribution in [0.15, 0.2) is 0 Å². The lowest BCUT2D eigenvalue weighted by molar-refractivity contribution is -0.121. The molecule has 1 radical (unpaired) electrons. The van der Waals surface area contributed by atoms with Gasteiger partial charge in [0.15, 0.2) is 0 Å². The summed E-state index contributed by atoms with van der Waals surface area (Å²) in [5.41, 5.74) is 5.38. The Bertz CT molecular complexity index is 165. The highest BCUT2D eigenvalue weighted by atomic mass is 32.1. The summed E-state index contributed by atoms with van der Waals surface area (Å²) in [5, 5.41) is 2.94. The number of unbranched alkanes of at least 4 members (excludes halogenated alkanes) is 5. The number of rotatable bonds is 11. The molecule has 0 aliphatic rings. The number of nitrogens with two attached hydrogens (primary N) is 1. The Kier molecular flexibility index (Phi) is 12.7. The molecule has 0 aromatic heterocycles. The Morgan fingerprint density at radius 1 is 1.00 bits per heavy atom. The summed E-state index contributed by atoms with van der Waals surface area (Å²) in [6.45, 7) is 1.54. The van der Waals surface area contributed by atoms with E-state index in [-0.39, 0.29) is 5.91 Å². The van der Waals surface area contributed by atoms with Crippen molar-refractivity contribution in [2.24, 2.45) is 5.73 Å². The number of hydrogen-bond acceptors (Lipinski definition) is 2. The van der Waals surface area contributed by atoms with Crippen LogP contribution in [-0.2, 0) is 4.79 Å². The zero-order chi connectivity index (χ0) is 12.1. The molecule has 1 amide bonds. The smallest absolute Gasteiger partial charge is 0.219 e. The highest BCUT2D eigenvalue weighted by Gasteiger charge is 1.99. The third-order valence-electron chi connectivity index (χ3n) is 2.50. The van der Waals surface area contributed by atoms with Gasteiger partial charge in [0.25, 0.3) is 0 Å². The molecule has 3 N–H and O–H groups in total. The van der Waals surface area contributed by atoms with Gasteiger partial charge in [-0.1, -0.05) is 31.9 Å². The molecule has 0 saturated heterocycles. The van der Waals surface area contributed by atoms with Crippen LogP contribution in [0.4, 0.5) is 0 Å². The summed E-state index contributed by atoms with van der Waals surface area (Å²) in [6, 6.07) is 0. The Balaban J connectivity index is 3.11. The lowest BCUT2D eigenvalue weighted by Crippen LogP contribution is -2.24. The monoisotopic (exact) mass is 245 g/mol. The highest BCUT2D eigenvalue weighted by molar-refractivity contribution is 7.80. The first kappa shape index (κ1) is 15.8. The Hall–Kier alpha value is -0.220. The molecule has 0 spiro atoms. The second kappa shape index (κ2) is 12.8. The fraction of sp³-hybridized carbons (Fsp3) is 0.917. The molecule has 3 nitrogen and oxygen atoms in total. The van der Waals surface area contributed by atoms with Crippen LogP contribution in [0.25, 0.3) is 0 Å². The third-order valence-corrected chi connectivity index (χ3v) is 2.79. The summed E-state index contributed by atoms with van der Waals surface area (Å²) < 4.78 is 0. The molecule has 4 heteroatoms. The Morgan fingerprint density at radius 3 is 2.38 bits per heavy atom. The molecule has 0 saturated carbocycles. The van der Waals surface area contributed by atoms with Crippen molar-refractivity contribution in [3.05, 3.63) is 0 Å². The van der Waals surface area contributed by atoms with Gasteiger partial charge in [0.05, 0.1) is 0 Å². The van der Waals surface area contributed by atoms with Crippen LogP contribution in [0.2, 0.25) is 0 Å². The van der Waals surface area contributed by atoms with E-state index in [0.29, 0.717) is 6.42 Å². The fourth-order valence-corrected chi connectivity index (χ4v) is 1.71. The summed E-state index contributed by atoms with van der Waals surface area (Å²) in [6.07, 6.45) is 8.24. The van der Waals surface area contributed by atoms with Crippen LogP contribution in [0.3, 0.4) is 0 Å². The van der Waals surface area contributed by atoms with Gasteiger partial charge >= 0.3 is 0 Å². The molecule has 0 aliphatic carbocycles. The summed E-state index contributed by atoms with van der Waals surface area (Å²) in [5.74, 6) is 1.04. The highest BCUT2D eigenvalue weighted by Crippen LogP contribution is 2.01. The van der Waals surface area contributed by atoms with Crippen molar-refractivity contribution in [3.63, 3.8) is 0 Å². The maximum absolute atomic E-state index is 11.3. The van der Waals surface area contributed by atoms with Crippen molar-refractivity contribution in [1.29, 1.82) is 0 Å². The molecule has 0 unspecified atom stereocenters. The van der Waals surface area contributed by atoms with E-state index in [2.05, 4.69) is 5.32 Å². The van der Waals surface area contributed by atoms with Gasteiger partial charge in [-0.2, -0.15) is 0 Å².